The van der Waals surface area contributed by atoms with Gasteiger partial charge in [0.2, 0.25) is 0 Å². The number of amides is 1. The average molecular weight is 195 g/mol. The molecule has 0 radical (unpaired) electrons. The average Bonchev–Trinajstić information content (AvgIpc) is 2.18. The van der Waals surface area contributed by atoms with Crippen LogP contribution in [0.2, 0.25) is 0 Å². The molecule has 1 aromatic carbocycles. The molecule has 0 aromatic heterocycles. The number of hydrogen-bond acceptors (Lipinski definition) is 3. The Morgan fingerprint density at radius 1 is 1.50 bits per heavy atom. The minimum absolute atomic E-state index is 0.0895. The Balaban J connectivity index is 2.75. The van der Waals surface area contributed by atoms with Crippen LogP contribution in [0.4, 0.5) is 0 Å². The van der Waals surface area contributed by atoms with E-state index in [1.165, 1.54) is 12.1 Å². The minimum Gasteiger partial charge on any atom is -0.507 e. The van der Waals surface area contributed by atoms with Crippen LogP contribution in [0.5, 0.6) is 5.75 Å². The van der Waals surface area contributed by atoms with Gasteiger partial charge in [-0.15, -0.1) is 0 Å². The number of aliphatic hydroxyl groups excluding tert-OH is 1. The summed E-state index contributed by atoms with van der Waals surface area (Å²) in [6.07, 6.45) is -0.443. The van der Waals surface area contributed by atoms with E-state index in [-0.39, 0.29) is 11.3 Å². The van der Waals surface area contributed by atoms with Crippen molar-refractivity contribution < 1.29 is 15.0 Å². The molecule has 1 aromatic rings. The molecule has 0 aliphatic rings. The lowest BCUT2D eigenvalue weighted by Crippen LogP contribution is -2.33. The molecule has 0 spiro atoms. The highest BCUT2D eigenvalue weighted by Crippen LogP contribution is 2.15. The Bertz CT molecular complexity index is 325. The summed E-state index contributed by atoms with van der Waals surface area (Å²) in [5.41, 5.74) is 0.167. The summed E-state index contributed by atoms with van der Waals surface area (Å²) in [5.74, 6) is -0.564. The standard InChI is InChI=1S/C10H13NO3/c1-2-9(13)11-10(14)7-5-3-4-6-8(7)12/h3-6,9,12-13H,2H2,1H3,(H,11,14). The third-order valence-corrected chi connectivity index (χ3v) is 1.83. The van der Waals surface area contributed by atoms with Gasteiger partial charge in [-0.3, -0.25) is 4.79 Å². The van der Waals surface area contributed by atoms with E-state index in [0.29, 0.717) is 6.42 Å². The Morgan fingerprint density at radius 3 is 2.71 bits per heavy atom. The smallest absolute Gasteiger partial charge is 0.257 e. The molecule has 0 aliphatic carbocycles. The van der Waals surface area contributed by atoms with Crippen LogP contribution in [-0.2, 0) is 0 Å². The summed E-state index contributed by atoms with van der Waals surface area (Å²) in [6.45, 7) is 1.75. The number of aromatic hydroxyl groups is 1. The van der Waals surface area contributed by atoms with Gasteiger partial charge in [0.15, 0.2) is 0 Å². The molecule has 0 bridgehead atoms. The van der Waals surface area contributed by atoms with E-state index in [9.17, 15) is 9.90 Å². The lowest BCUT2D eigenvalue weighted by Gasteiger charge is -2.10. The summed E-state index contributed by atoms with van der Waals surface area (Å²) in [4.78, 5) is 11.4. The second-order valence-corrected chi connectivity index (χ2v) is 2.91. The van der Waals surface area contributed by atoms with Crippen LogP contribution in [-0.4, -0.2) is 22.3 Å². The zero-order valence-electron chi connectivity index (χ0n) is 7.90. The van der Waals surface area contributed by atoms with Gasteiger partial charge in [0.1, 0.15) is 12.0 Å². The van der Waals surface area contributed by atoms with E-state index < -0.39 is 12.1 Å². The number of phenols is 1. The highest BCUT2D eigenvalue weighted by atomic mass is 16.3. The topological polar surface area (TPSA) is 69.6 Å². The van der Waals surface area contributed by atoms with E-state index in [1.807, 2.05) is 0 Å². The first-order valence-corrected chi connectivity index (χ1v) is 4.42. The molecule has 0 heterocycles. The van der Waals surface area contributed by atoms with Crippen LogP contribution in [0.25, 0.3) is 0 Å². The third-order valence-electron chi connectivity index (χ3n) is 1.83. The Hall–Kier alpha value is -1.55. The molecule has 1 amide bonds. The molecule has 0 aliphatic heterocycles. The predicted molar refractivity (Wildman–Crippen MR) is 51.9 cm³/mol. The molecular formula is C10H13NO3. The van der Waals surface area contributed by atoms with Crippen LogP contribution in [0.3, 0.4) is 0 Å². The maximum Gasteiger partial charge on any atom is 0.257 e. The molecular weight excluding hydrogens is 182 g/mol. The molecule has 1 rings (SSSR count). The SMILES string of the molecule is CCC(O)NC(=O)c1ccccc1O. The van der Waals surface area contributed by atoms with E-state index in [0.717, 1.165) is 0 Å². The lowest BCUT2D eigenvalue weighted by atomic mass is 10.2. The molecule has 1 atom stereocenters. The van der Waals surface area contributed by atoms with Gasteiger partial charge in [-0.25, -0.2) is 0 Å². The minimum atomic E-state index is -0.873. The number of aliphatic hydroxyl groups is 1. The highest BCUT2D eigenvalue weighted by Gasteiger charge is 2.12. The fraction of sp³-hybridized carbons (Fsp3) is 0.300. The number of nitrogens with one attached hydrogen (secondary N) is 1. The Morgan fingerprint density at radius 2 is 2.14 bits per heavy atom. The molecule has 4 heteroatoms. The zero-order valence-corrected chi connectivity index (χ0v) is 7.90. The summed E-state index contributed by atoms with van der Waals surface area (Å²) in [6, 6.07) is 6.19. The second kappa shape index (κ2) is 4.62. The predicted octanol–water partition coefficient (Wildman–Crippen LogP) is 0.850. The van der Waals surface area contributed by atoms with Crippen molar-refractivity contribution in [3.05, 3.63) is 29.8 Å². The van der Waals surface area contributed by atoms with Crippen molar-refractivity contribution in [2.45, 2.75) is 19.6 Å². The van der Waals surface area contributed by atoms with Crippen molar-refractivity contribution in [2.75, 3.05) is 0 Å². The first-order valence-electron chi connectivity index (χ1n) is 4.42. The normalized spacial score (nSPS) is 12.1. The van der Waals surface area contributed by atoms with E-state index in [4.69, 9.17) is 5.11 Å². The molecule has 1 unspecified atom stereocenters. The van der Waals surface area contributed by atoms with Crippen molar-refractivity contribution in [3.8, 4) is 5.75 Å². The third kappa shape index (κ3) is 2.47. The van der Waals surface area contributed by atoms with Crippen LogP contribution in [0, 0.1) is 0 Å². The van der Waals surface area contributed by atoms with Gasteiger partial charge < -0.3 is 15.5 Å². The lowest BCUT2D eigenvalue weighted by molar-refractivity contribution is 0.0774. The summed E-state index contributed by atoms with van der Waals surface area (Å²) in [7, 11) is 0. The zero-order chi connectivity index (χ0) is 10.6. The molecule has 4 nitrogen and oxygen atoms in total. The fourth-order valence-corrected chi connectivity index (χ4v) is 0.997. The van der Waals surface area contributed by atoms with Gasteiger partial charge in [0.25, 0.3) is 5.91 Å². The second-order valence-electron chi connectivity index (χ2n) is 2.91. The van der Waals surface area contributed by atoms with Crippen molar-refractivity contribution >= 4 is 5.91 Å². The van der Waals surface area contributed by atoms with Crippen molar-refractivity contribution in [2.24, 2.45) is 0 Å². The van der Waals surface area contributed by atoms with Crippen molar-refractivity contribution in [3.63, 3.8) is 0 Å². The number of carbonyl (C=O) groups is 1. The number of carbonyl (C=O) groups excluding carboxylic acids is 1. The number of benzene rings is 1. The van der Waals surface area contributed by atoms with E-state index in [2.05, 4.69) is 5.32 Å². The van der Waals surface area contributed by atoms with Crippen molar-refractivity contribution in [1.82, 2.24) is 5.32 Å². The van der Waals surface area contributed by atoms with E-state index >= 15 is 0 Å². The summed E-state index contributed by atoms with van der Waals surface area (Å²) < 4.78 is 0. The summed E-state index contributed by atoms with van der Waals surface area (Å²) in [5, 5.41) is 20.8. The van der Waals surface area contributed by atoms with Crippen LogP contribution < -0.4 is 5.32 Å². The summed E-state index contributed by atoms with van der Waals surface area (Å²) >= 11 is 0. The highest BCUT2D eigenvalue weighted by molar-refractivity contribution is 5.96. The van der Waals surface area contributed by atoms with Gasteiger partial charge in [0.05, 0.1) is 5.56 Å². The van der Waals surface area contributed by atoms with Gasteiger partial charge in [-0.2, -0.15) is 0 Å². The monoisotopic (exact) mass is 195 g/mol. The van der Waals surface area contributed by atoms with Crippen LogP contribution in [0.15, 0.2) is 24.3 Å². The van der Waals surface area contributed by atoms with Gasteiger partial charge in [0, 0.05) is 0 Å². The molecule has 0 fully saturated rings. The van der Waals surface area contributed by atoms with Gasteiger partial charge in [-0.05, 0) is 18.6 Å². The number of phenolic OH excluding ortho intramolecular Hbond substituents is 1. The quantitative estimate of drug-likeness (QED) is 0.626. The van der Waals surface area contributed by atoms with Gasteiger partial charge >= 0.3 is 0 Å². The number of para-hydroxylation sites is 1. The molecule has 14 heavy (non-hydrogen) atoms. The first-order chi connectivity index (χ1) is 6.65. The van der Waals surface area contributed by atoms with Crippen LogP contribution >= 0.6 is 0 Å². The Kier molecular flexibility index (Phi) is 3.48. The molecule has 0 saturated heterocycles. The fourth-order valence-electron chi connectivity index (χ4n) is 0.997. The number of hydrogen-bond donors (Lipinski definition) is 3. The Labute approximate surface area is 82.2 Å². The van der Waals surface area contributed by atoms with Crippen molar-refractivity contribution in [1.29, 1.82) is 0 Å². The van der Waals surface area contributed by atoms with Crippen LogP contribution in [0.1, 0.15) is 23.7 Å². The molecule has 76 valence electrons. The largest absolute Gasteiger partial charge is 0.507 e. The number of rotatable bonds is 3. The van der Waals surface area contributed by atoms with Gasteiger partial charge in [-0.1, -0.05) is 19.1 Å². The maximum atomic E-state index is 11.4. The molecule has 0 saturated carbocycles. The first kappa shape index (κ1) is 10.5. The van der Waals surface area contributed by atoms with E-state index in [1.54, 1.807) is 19.1 Å². The molecule has 3 N–H and O–H groups in total. The maximum absolute atomic E-state index is 11.4.